The number of carbonyl (C=O) groups excluding carboxylic acids is 1. The van der Waals surface area contributed by atoms with Crippen LogP contribution in [0, 0.1) is 5.82 Å². The van der Waals surface area contributed by atoms with Crippen molar-refractivity contribution in [3.63, 3.8) is 0 Å². The van der Waals surface area contributed by atoms with Crippen LogP contribution in [0.2, 0.25) is 0 Å². The van der Waals surface area contributed by atoms with Gasteiger partial charge in [0.05, 0.1) is 17.9 Å². The van der Waals surface area contributed by atoms with E-state index in [-0.39, 0.29) is 23.6 Å². The summed E-state index contributed by atoms with van der Waals surface area (Å²) in [6, 6.07) is 14.4. The number of benzene rings is 2. The van der Waals surface area contributed by atoms with Gasteiger partial charge in [-0.15, -0.1) is 0 Å². The van der Waals surface area contributed by atoms with E-state index in [2.05, 4.69) is 0 Å². The molecule has 0 aliphatic heterocycles. The Morgan fingerprint density at radius 1 is 1.08 bits per heavy atom. The second-order valence-electron chi connectivity index (χ2n) is 5.47. The van der Waals surface area contributed by atoms with Crippen molar-refractivity contribution in [2.75, 3.05) is 5.73 Å². The van der Waals surface area contributed by atoms with Crippen molar-refractivity contribution in [2.24, 2.45) is 0 Å². The fraction of sp³-hybridized carbons (Fsp3) is 0.0526. The number of hydrogen-bond donors (Lipinski definition) is 2. The number of pyridine rings is 1. The summed E-state index contributed by atoms with van der Waals surface area (Å²) >= 11 is 0. The average Bonchev–Trinajstić information content (AvgIpc) is 2.62. The molecule has 2 aromatic carbocycles. The normalized spacial score (nSPS) is 10.6. The Kier molecular flexibility index (Phi) is 4.45. The van der Waals surface area contributed by atoms with Crippen LogP contribution < -0.4 is 11.3 Å². The van der Waals surface area contributed by atoms with Crippen LogP contribution in [-0.2, 0) is 6.61 Å². The molecule has 0 atom stereocenters. The lowest BCUT2D eigenvalue weighted by Crippen LogP contribution is -2.23. The number of nitrogens with two attached hydrogens (primary N) is 1. The molecule has 0 radical (unpaired) electrons. The molecule has 0 saturated heterocycles. The molecular formula is C19H15FN2O3. The fourth-order valence-corrected chi connectivity index (χ4v) is 2.56. The number of aliphatic hydroxyl groups is 1. The summed E-state index contributed by atoms with van der Waals surface area (Å²) in [5.41, 5.74) is 7.14. The monoisotopic (exact) mass is 338 g/mol. The molecule has 3 aromatic rings. The zero-order valence-corrected chi connectivity index (χ0v) is 13.1. The van der Waals surface area contributed by atoms with Crippen LogP contribution in [0.3, 0.4) is 0 Å². The Hall–Kier alpha value is -3.25. The number of carbonyl (C=O) groups is 1. The SMILES string of the molecule is Nc1c(C(=O)c2ccc(F)cc2)ccc(=O)n1-c1cccc(CO)c1. The van der Waals surface area contributed by atoms with Crippen molar-refractivity contribution in [3.8, 4) is 5.69 Å². The lowest BCUT2D eigenvalue weighted by atomic mass is 10.0. The maximum absolute atomic E-state index is 13.0. The zero-order chi connectivity index (χ0) is 18.0. The van der Waals surface area contributed by atoms with E-state index >= 15 is 0 Å². The van der Waals surface area contributed by atoms with Crippen LogP contribution in [0.4, 0.5) is 10.2 Å². The number of ketones is 1. The number of anilines is 1. The van der Waals surface area contributed by atoms with Gasteiger partial charge in [0.15, 0.2) is 5.78 Å². The van der Waals surface area contributed by atoms with Gasteiger partial charge < -0.3 is 10.8 Å². The van der Waals surface area contributed by atoms with Crippen LogP contribution in [-0.4, -0.2) is 15.5 Å². The molecule has 0 spiro atoms. The quantitative estimate of drug-likeness (QED) is 0.715. The van der Waals surface area contributed by atoms with Crippen molar-refractivity contribution in [3.05, 3.63) is 93.5 Å². The standard InChI is InChI=1S/C19H15FN2O3/c20-14-6-4-13(5-7-14)18(25)16-8-9-17(24)22(19(16)21)15-3-1-2-12(10-15)11-23/h1-10,23H,11,21H2. The minimum Gasteiger partial charge on any atom is -0.392 e. The van der Waals surface area contributed by atoms with Crippen LogP contribution in [0.1, 0.15) is 21.5 Å². The minimum absolute atomic E-state index is 0.0167. The lowest BCUT2D eigenvalue weighted by Gasteiger charge is -2.13. The van der Waals surface area contributed by atoms with Crippen molar-refractivity contribution >= 4 is 11.6 Å². The third kappa shape index (κ3) is 3.20. The fourth-order valence-electron chi connectivity index (χ4n) is 2.56. The molecule has 0 aliphatic carbocycles. The van der Waals surface area contributed by atoms with Gasteiger partial charge in [-0.25, -0.2) is 4.39 Å². The summed E-state index contributed by atoms with van der Waals surface area (Å²) in [7, 11) is 0. The van der Waals surface area contributed by atoms with Gasteiger partial charge >= 0.3 is 0 Å². The first-order chi connectivity index (χ1) is 12.0. The largest absolute Gasteiger partial charge is 0.392 e. The molecule has 6 heteroatoms. The molecule has 3 N–H and O–H groups in total. The average molecular weight is 338 g/mol. The zero-order valence-electron chi connectivity index (χ0n) is 13.1. The summed E-state index contributed by atoms with van der Waals surface area (Å²) in [5, 5.41) is 9.26. The molecule has 0 bridgehead atoms. The Morgan fingerprint density at radius 2 is 1.80 bits per heavy atom. The molecule has 0 aliphatic rings. The van der Waals surface area contributed by atoms with Gasteiger partial charge in [-0.05, 0) is 48.0 Å². The summed E-state index contributed by atoms with van der Waals surface area (Å²) in [4.78, 5) is 24.9. The number of nitrogens with zero attached hydrogens (tertiary/aromatic N) is 1. The summed E-state index contributed by atoms with van der Waals surface area (Å²) in [6.45, 7) is -0.184. The maximum Gasteiger partial charge on any atom is 0.256 e. The van der Waals surface area contributed by atoms with Gasteiger partial charge in [0.1, 0.15) is 11.6 Å². The van der Waals surface area contributed by atoms with Gasteiger partial charge in [0.2, 0.25) is 0 Å². The van der Waals surface area contributed by atoms with Crippen LogP contribution in [0.5, 0.6) is 0 Å². The predicted molar refractivity (Wildman–Crippen MR) is 92.2 cm³/mol. The second-order valence-corrected chi connectivity index (χ2v) is 5.47. The van der Waals surface area contributed by atoms with Crippen LogP contribution >= 0.6 is 0 Å². The highest BCUT2D eigenvalue weighted by Gasteiger charge is 2.17. The van der Waals surface area contributed by atoms with Crippen LogP contribution in [0.15, 0.2) is 65.5 Å². The molecule has 3 rings (SSSR count). The molecular weight excluding hydrogens is 323 g/mol. The van der Waals surface area contributed by atoms with E-state index in [9.17, 15) is 19.1 Å². The molecule has 0 fully saturated rings. The van der Waals surface area contributed by atoms with Gasteiger partial charge in [-0.2, -0.15) is 0 Å². The molecule has 0 unspecified atom stereocenters. The second kappa shape index (κ2) is 6.70. The third-order valence-electron chi connectivity index (χ3n) is 3.83. The molecule has 0 saturated carbocycles. The van der Waals surface area contributed by atoms with E-state index in [1.165, 1.54) is 41.0 Å². The lowest BCUT2D eigenvalue weighted by molar-refractivity contribution is 0.103. The number of rotatable bonds is 4. The molecule has 25 heavy (non-hydrogen) atoms. The molecule has 126 valence electrons. The molecule has 1 aromatic heterocycles. The van der Waals surface area contributed by atoms with Gasteiger partial charge in [-0.3, -0.25) is 14.2 Å². The van der Waals surface area contributed by atoms with E-state index in [1.54, 1.807) is 24.3 Å². The smallest absolute Gasteiger partial charge is 0.256 e. The summed E-state index contributed by atoms with van der Waals surface area (Å²) < 4.78 is 14.2. The highest BCUT2D eigenvalue weighted by molar-refractivity contribution is 6.11. The number of halogens is 1. The van der Waals surface area contributed by atoms with Crippen molar-refractivity contribution in [2.45, 2.75) is 6.61 Å². The van der Waals surface area contributed by atoms with E-state index in [0.29, 0.717) is 11.3 Å². The topological polar surface area (TPSA) is 85.3 Å². The van der Waals surface area contributed by atoms with Gasteiger partial charge in [0.25, 0.3) is 5.56 Å². The Labute approximate surface area is 142 Å². The van der Waals surface area contributed by atoms with E-state index in [0.717, 1.165) is 0 Å². The van der Waals surface area contributed by atoms with Crippen molar-refractivity contribution < 1.29 is 14.3 Å². The first kappa shape index (κ1) is 16.6. The summed E-state index contributed by atoms with van der Waals surface area (Å²) in [6.07, 6.45) is 0. The minimum atomic E-state index is -0.449. The van der Waals surface area contributed by atoms with E-state index < -0.39 is 17.2 Å². The van der Waals surface area contributed by atoms with Crippen LogP contribution in [0.25, 0.3) is 5.69 Å². The first-order valence-corrected chi connectivity index (χ1v) is 7.53. The third-order valence-corrected chi connectivity index (χ3v) is 3.83. The molecule has 1 heterocycles. The highest BCUT2D eigenvalue weighted by atomic mass is 19.1. The predicted octanol–water partition coefficient (Wildman–Crippen LogP) is 2.28. The van der Waals surface area contributed by atoms with Gasteiger partial charge in [-0.1, -0.05) is 12.1 Å². The Balaban J connectivity index is 2.13. The molecule has 0 amide bonds. The number of aliphatic hydroxyl groups excluding tert-OH is 1. The van der Waals surface area contributed by atoms with Crippen molar-refractivity contribution in [1.29, 1.82) is 0 Å². The number of hydrogen-bond acceptors (Lipinski definition) is 4. The van der Waals surface area contributed by atoms with E-state index in [1.807, 2.05) is 0 Å². The number of nitrogen functional groups attached to an aromatic ring is 1. The first-order valence-electron chi connectivity index (χ1n) is 7.53. The Morgan fingerprint density at radius 3 is 2.48 bits per heavy atom. The summed E-state index contributed by atoms with van der Waals surface area (Å²) in [5.74, 6) is -0.878. The van der Waals surface area contributed by atoms with E-state index in [4.69, 9.17) is 5.73 Å². The van der Waals surface area contributed by atoms with Gasteiger partial charge in [0, 0.05) is 11.6 Å². The van der Waals surface area contributed by atoms with Crippen molar-refractivity contribution in [1.82, 2.24) is 4.57 Å². The maximum atomic E-state index is 13.0. The number of aromatic nitrogens is 1. The Bertz CT molecular complexity index is 994. The molecule has 5 nitrogen and oxygen atoms in total. The highest BCUT2D eigenvalue weighted by Crippen LogP contribution is 2.19.